The van der Waals surface area contributed by atoms with Crippen LogP contribution in [-0.4, -0.2) is 9.38 Å². The standard InChI is InChI=1S/C15H15N2.Ir/c1-15(2,3)13-10-16-14-12-7-5-4-6-11(12)8-9-17(13)14;/h4-6,8-10H,1-3H3;/q-1;. The van der Waals surface area contributed by atoms with Gasteiger partial charge in [-0.05, 0) is 6.20 Å². The van der Waals surface area contributed by atoms with Gasteiger partial charge in [0, 0.05) is 37.4 Å². The van der Waals surface area contributed by atoms with Crippen LogP contribution in [0.2, 0.25) is 0 Å². The van der Waals surface area contributed by atoms with Gasteiger partial charge in [-0.3, -0.25) is 4.98 Å². The van der Waals surface area contributed by atoms with E-state index >= 15 is 0 Å². The maximum Gasteiger partial charge on any atom is 0.0605 e. The predicted octanol–water partition coefficient (Wildman–Crippen LogP) is 3.58. The van der Waals surface area contributed by atoms with Crippen molar-refractivity contribution in [3.05, 3.63) is 48.4 Å². The van der Waals surface area contributed by atoms with Crippen LogP contribution < -0.4 is 0 Å². The number of pyridine rings is 1. The van der Waals surface area contributed by atoms with E-state index in [4.69, 9.17) is 0 Å². The molecule has 2 nitrogen and oxygen atoms in total. The summed E-state index contributed by atoms with van der Waals surface area (Å²) in [6.45, 7) is 6.61. The molecule has 0 spiro atoms. The molecule has 18 heavy (non-hydrogen) atoms. The maximum absolute atomic E-state index is 4.54. The number of aromatic nitrogens is 2. The van der Waals surface area contributed by atoms with Crippen molar-refractivity contribution < 1.29 is 20.1 Å². The number of benzene rings is 1. The molecule has 0 saturated carbocycles. The first-order valence-corrected chi connectivity index (χ1v) is 5.84. The van der Waals surface area contributed by atoms with Gasteiger partial charge in [-0.1, -0.05) is 26.8 Å². The van der Waals surface area contributed by atoms with Crippen LogP contribution in [0.3, 0.4) is 0 Å². The van der Waals surface area contributed by atoms with E-state index in [0.717, 1.165) is 11.0 Å². The largest absolute Gasteiger partial charge is 0.344 e. The molecule has 3 heteroatoms. The Balaban J connectivity index is 0.00000120. The van der Waals surface area contributed by atoms with Gasteiger partial charge in [0.05, 0.1) is 5.65 Å². The Kier molecular flexibility index (Phi) is 3.31. The fourth-order valence-electron chi connectivity index (χ4n) is 2.19. The number of imidazole rings is 1. The van der Waals surface area contributed by atoms with Gasteiger partial charge in [0.1, 0.15) is 0 Å². The van der Waals surface area contributed by atoms with Gasteiger partial charge >= 0.3 is 0 Å². The van der Waals surface area contributed by atoms with E-state index in [1.807, 2.05) is 18.3 Å². The van der Waals surface area contributed by atoms with Crippen LogP contribution >= 0.6 is 0 Å². The zero-order chi connectivity index (χ0) is 12.0. The summed E-state index contributed by atoms with van der Waals surface area (Å²) in [5.41, 5.74) is 2.32. The summed E-state index contributed by atoms with van der Waals surface area (Å²) in [5.74, 6) is 0. The Bertz CT molecular complexity index is 692. The molecule has 0 atom stereocenters. The molecule has 2 aromatic heterocycles. The summed E-state index contributed by atoms with van der Waals surface area (Å²) >= 11 is 0. The molecule has 0 saturated heterocycles. The van der Waals surface area contributed by atoms with E-state index in [9.17, 15) is 0 Å². The van der Waals surface area contributed by atoms with Crippen molar-refractivity contribution in [2.45, 2.75) is 26.2 Å². The summed E-state index contributed by atoms with van der Waals surface area (Å²) < 4.78 is 2.17. The molecule has 0 aliphatic heterocycles. The van der Waals surface area contributed by atoms with Gasteiger partial charge in [0.2, 0.25) is 0 Å². The van der Waals surface area contributed by atoms with Crippen LogP contribution in [0.1, 0.15) is 26.5 Å². The van der Waals surface area contributed by atoms with Crippen LogP contribution in [0.5, 0.6) is 0 Å². The van der Waals surface area contributed by atoms with Crippen molar-refractivity contribution in [1.82, 2.24) is 9.38 Å². The second-order valence-electron chi connectivity index (χ2n) is 5.40. The molecule has 95 valence electrons. The molecule has 2 heterocycles. The van der Waals surface area contributed by atoms with E-state index in [1.165, 1.54) is 11.1 Å². The molecule has 3 rings (SSSR count). The molecular weight excluding hydrogens is 400 g/mol. The van der Waals surface area contributed by atoms with E-state index in [0.29, 0.717) is 0 Å². The topological polar surface area (TPSA) is 17.3 Å². The molecule has 0 N–H and O–H groups in total. The molecule has 0 fully saturated rings. The zero-order valence-electron chi connectivity index (χ0n) is 10.7. The average molecular weight is 416 g/mol. The van der Waals surface area contributed by atoms with Crippen LogP contribution in [0.4, 0.5) is 0 Å². The number of hydrogen-bond donors (Lipinski definition) is 0. The molecule has 0 amide bonds. The van der Waals surface area contributed by atoms with Crippen molar-refractivity contribution >= 4 is 16.4 Å². The first-order chi connectivity index (χ1) is 8.07. The second kappa shape index (κ2) is 4.49. The summed E-state index contributed by atoms with van der Waals surface area (Å²) in [5, 5.41) is 2.27. The third kappa shape index (κ3) is 1.98. The minimum atomic E-state index is 0. The third-order valence-electron chi connectivity index (χ3n) is 3.08. The summed E-state index contributed by atoms with van der Waals surface area (Å²) in [6, 6.07) is 11.4. The summed E-state index contributed by atoms with van der Waals surface area (Å²) in [6.07, 6.45) is 4.06. The number of fused-ring (bicyclic) bond motifs is 3. The van der Waals surface area contributed by atoms with Crippen LogP contribution in [0.15, 0.2) is 36.7 Å². The zero-order valence-corrected chi connectivity index (χ0v) is 13.1. The van der Waals surface area contributed by atoms with Crippen molar-refractivity contribution in [2.24, 2.45) is 0 Å². The van der Waals surface area contributed by atoms with Gasteiger partial charge < -0.3 is 4.40 Å². The number of rotatable bonds is 0. The van der Waals surface area contributed by atoms with Gasteiger partial charge in [0.15, 0.2) is 0 Å². The third-order valence-corrected chi connectivity index (χ3v) is 3.08. The molecule has 0 aliphatic carbocycles. The minimum Gasteiger partial charge on any atom is -0.344 e. The Morgan fingerprint density at radius 1 is 1.22 bits per heavy atom. The second-order valence-corrected chi connectivity index (χ2v) is 5.40. The van der Waals surface area contributed by atoms with Gasteiger partial charge in [-0.15, -0.1) is 35.0 Å². The molecule has 1 radical (unpaired) electrons. The normalized spacial score (nSPS) is 11.7. The SMILES string of the molecule is CC(C)(C)c1cnc2c3[c-]cccc3ccn12.[Ir]. The van der Waals surface area contributed by atoms with Crippen LogP contribution in [-0.2, 0) is 25.5 Å². The van der Waals surface area contributed by atoms with Crippen molar-refractivity contribution in [3.8, 4) is 0 Å². The molecule has 0 unspecified atom stereocenters. The monoisotopic (exact) mass is 416 g/mol. The number of hydrogen-bond acceptors (Lipinski definition) is 1. The maximum atomic E-state index is 4.54. The van der Waals surface area contributed by atoms with Crippen LogP contribution in [0.25, 0.3) is 16.4 Å². The van der Waals surface area contributed by atoms with Crippen molar-refractivity contribution in [2.75, 3.05) is 0 Å². The Hall–Kier alpha value is -1.18. The Morgan fingerprint density at radius 3 is 2.72 bits per heavy atom. The Labute approximate surface area is 120 Å². The summed E-state index contributed by atoms with van der Waals surface area (Å²) in [7, 11) is 0. The van der Waals surface area contributed by atoms with Gasteiger partial charge in [-0.2, -0.15) is 0 Å². The van der Waals surface area contributed by atoms with Crippen molar-refractivity contribution in [3.63, 3.8) is 0 Å². The first kappa shape index (κ1) is 13.3. The fourth-order valence-corrected chi connectivity index (χ4v) is 2.19. The van der Waals surface area contributed by atoms with Gasteiger partial charge in [-0.25, -0.2) is 0 Å². The average Bonchev–Trinajstić information content (AvgIpc) is 2.72. The molecule has 0 aliphatic rings. The van der Waals surface area contributed by atoms with Crippen LogP contribution in [0, 0.1) is 6.07 Å². The molecule has 3 aromatic rings. The van der Waals surface area contributed by atoms with E-state index < -0.39 is 0 Å². The first-order valence-electron chi connectivity index (χ1n) is 5.84. The molecule has 0 bridgehead atoms. The van der Waals surface area contributed by atoms with E-state index in [2.05, 4.69) is 54.6 Å². The number of nitrogens with zero attached hydrogens (tertiary/aromatic N) is 2. The fraction of sp³-hybridized carbons (Fsp3) is 0.267. The minimum absolute atomic E-state index is 0. The van der Waals surface area contributed by atoms with Crippen molar-refractivity contribution in [1.29, 1.82) is 0 Å². The predicted molar refractivity (Wildman–Crippen MR) is 70.2 cm³/mol. The smallest absolute Gasteiger partial charge is 0.0605 e. The Morgan fingerprint density at radius 2 is 2.00 bits per heavy atom. The van der Waals surface area contributed by atoms with E-state index in [1.54, 1.807) is 0 Å². The molecular formula is C15H15IrN2-. The van der Waals surface area contributed by atoms with E-state index in [-0.39, 0.29) is 25.5 Å². The molecule has 1 aromatic carbocycles. The summed E-state index contributed by atoms with van der Waals surface area (Å²) in [4.78, 5) is 4.54. The van der Waals surface area contributed by atoms with Gasteiger partial charge in [0.25, 0.3) is 0 Å². The quantitative estimate of drug-likeness (QED) is 0.513.